The Labute approximate surface area is 178 Å². The molecule has 0 aliphatic rings. The second-order valence-electron chi connectivity index (χ2n) is 8.01. The van der Waals surface area contributed by atoms with Crippen LogP contribution in [-0.4, -0.2) is 31.1 Å². The van der Waals surface area contributed by atoms with Crippen molar-refractivity contribution in [1.82, 2.24) is 25.2 Å². The minimum Gasteiger partial charge on any atom is -0.347 e. The van der Waals surface area contributed by atoms with E-state index in [1.54, 1.807) is 0 Å². The number of aromatic amines is 1. The molecule has 30 heavy (non-hydrogen) atoms. The number of nitrogens with one attached hydrogen (secondary N) is 2. The van der Waals surface area contributed by atoms with Crippen molar-refractivity contribution in [3.05, 3.63) is 36.3 Å². The minimum atomic E-state index is 0.0971. The molecule has 2 N–H and O–H groups in total. The van der Waals surface area contributed by atoms with E-state index in [1.165, 1.54) is 17.3 Å². The Bertz CT molecular complexity index is 902. The van der Waals surface area contributed by atoms with Crippen molar-refractivity contribution in [2.75, 3.05) is 5.32 Å². The minimum absolute atomic E-state index is 0.0971. The standard InChI is InChI=1S/C23H34N6O/c1-3-5-10-18(4-2)23(30)24-20-13-12-19-14-16-29(21(19)17-20)15-9-7-6-8-11-22-25-27-28-26-22/h12-14,16-18H,3-11,15H2,1-2H3,(H,24,30)(H,25,26,27,28). The summed E-state index contributed by atoms with van der Waals surface area (Å²) in [6.45, 7) is 5.24. The van der Waals surface area contributed by atoms with Gasteiger partial charge in [0.15, 0.2) is 5.82 Å². The molecule has 2 heterocycles. The Morgan fingerprint density at radius 2 is 2.00 bits per heavy atom. The van der Waals surface area contributed by atoms with Crippen LogP contribution in [0.2, 0.25) is 0 Å². The lowest BCUT2D eigenvalue weighted by atomic mass is 9.98. The molecule has 0 aliphatic carbocycles. The van der Waals surface area contributed by atoms with E-state index in [0.29, 0.717) is 0 Å². The number of rotatable bonds is 13. The highest BCUT2D eigenvalue weighted by Gasteiger charge is 2.16. The van der Waals surface area contributed by atoms with Crippen molar-refractivity contribution in [2.24, 2.45) is 5.92 Å². The number of hydrogen-bond acceptors (Lipinski definition) is 4. The summed E-state index contributed by atoms with van der Waals surface area (Å²) < 4.78 is 2.29. The zero-order chi connectivity index (χ0) is 21.2. The van der Waals surface area contributed by atoms with Gasteiger partial charge in [-0.15, -0.1) is 10.2 Å². The lowest BCUT2D eigenvalue weighted by Gasteiger charge is -2.15. The lowest BCUT2D eigenvalue weighted by Crippen LogP contribution is -2.22. The van der Waals surface area contributed by atoms with Gasteiger partial charge in [0.05, 0.1) is 5.52 Å². The number of carbonyl (C=O) groups excluding carboxylic acids is 1. The van der Waals surface area contributed by atoms with Crippen molar-refractivity contribution >= 4 is 22.5 Å². The third-order valence-corrected chi connectivity index (χ3v) is 5.75. The predicted molar refractivity (Wildman–Crippen MR) is 120 cm³/mol. The molecule has 7 nitrogen and oxygen atoms in total. The Morgan fingerprint density at radius 3 is 2.77 bits per heavy atom. The average Bonchev–Trinajstić information content (AvgIpc) is 3.41. The first kappa shape index (κ1) is 22.0. The molecule has 2 aromatic heterocycles. The smallest absolute Gasteiger partial charge is 0.227 e. The number of tetrazole rings is 1. The molecule has 1 unspecified atom stereocenters. The number of nitrogens with zero attached hydrogens (tertiary/aromatic N) is 4. The van der Waals surface area contributed by atoms with Gasteiger partial charge in [0.25, 0.3) is 0 Å². The number of carbonyl (C=O) groups is 1. The number of H-pyrrole nitrogens is 1. The predicted octanol–water partition coefficient (Wildman–Crippen LogP) is 5.11. The van der Waals surface area contributed by atoms with Crippen LogP contribution in [0.5, 0.6) is 0 Å². The topological polar surface area (TPSA) is 88.5 Å². The van der Waals surface area contributed by atoms with E-state index in [-0.39, 0.29) is 11.8 Å². The van der Waals surface area contributed by atoms with Crippen LogP contribution in [0.25, 0.3) is 10.9 Å². The monoisotopic (exact) mass is 410 g/mol. The van der Waals surface area contributed by atoms with E-state index in [4.69, 9.17) is 0 Å². The molecule has 3 aromatic rings. The fraction of sp³-hybridized carbons (Fsp3) is 0.565. The Kier molecular flexibility index (Phi) is 8.41. The number of unbranched alkanes of at least 4 members (excludes halogenated alkanes) is 4. The molecule has 0 fully saturated rings. The van der Waals surface area contributed by atoms with Crippen molar-refractivity contribution in [3.8, 4) is 0 Å². The number of aryl methyl sites for hydroxylation is 2. The average molecular weight is 411 g/mol. The highest BCUT2D eigenvalue weighted by molar-refractivity contribution is 5.95. The number of amides is 1. The van der Waals surface area contributed by atoms with Crippen LogP contribution >= 0.6 is 0 Å². The number of benzene rings is 1. The first-order valence-corrected chi connectivity index (χ1v) is 11.3. The maximum absolute atomic E-state index is 12.6. The molecule has 162 valence electrons. The third kappa shape index (κ3) is 6.15. The Balaban J connectivity index is 1.50. The first-order valence-electron chi connectivity index (χ1n) is 11.3. The van der Waals surface area contributed by atoms with Crippen molar-refractivity contribution < 1.29 is 4.79 Å². The van der Waals surface area contributed by atoms with Gasteiger partial charge in [0.1, 0.15) is 0 Å². The Hall–Kier alpha value is -2.70. The molecule has 0 aliphatic heterocycles. The van der Waals surface area contributed by atoms with E-state index in [0.717, 1.165) is 69.4 Å². The summed E-state index contributed by atoms with van der Waals surface area (Å²) in [5, 5.41) is 18.4. The van der Waals surface area contributed by atoms with Crippen LogP contribution < -0.4 is 5.32 Å². The van der Waals surface area contributed by atoms with E-state index in [9.17, 15) is 4.79 Å². The highest BCUT2D eigenvalue weighted by Crippen LogP contribution is 2.23. The van der Waals surface area contributed by atoms with Gasteiger partial charge >= 0.3 is 0 Å². The van der Waals surface area contributed by atoms with Crippen molar-refractivity contribution in [3.63, 3.8) is 0 Å². The fourth-order valence-electron chi connectivity index (χ4n) is 3.88. The van der Waals surface area contributed by atoms with Gasteiger partial charge in [0.2, 0.25) is 5.91 Å². The maximum atomic E-state index is 12.6. The normalized spacial score (nSPS) is 12.3. The molecule has 0 radical (unpaired) electrons. The Morgan fingerprint density at radius 1 is 1.13 bits per heavy atom. The van der Waals surface area contributed by atoms with E-state index >= 15 is 0 Å². The SMILES string of the molecule is CCCCC(CC)C(=O)Nc1ccc2ccn(CCCCCCc3nn[nH]n3)c2c1. The molecule has 0 saturated heterocycles. The second kappa shape index (κ2) is 11.5. The molecular weight excluding hydrogens is 376 g/mol. The van der Waals surface area contributed by atoms with E-state index in [1.807, 2.05) is 6.07 Å². The van der Waals surface area contributed by atoms with Gasteiger partial charge in [0, 0.05) is 30.8 Å². The lowest BCUT2D eigenvalue weighted by molar-refractivity contribution is -0.120. The molecule has 0 bridgehead atoms. The van der Waals surface area contributed by atoms with Crippen LogP contribution in [0.4, 0.5) is 5.69 Å². The first-order chi connectivity index (χ1) is 14.7. The summed E-state index contributed by atoms with van der Waals surface area (Å²) in [5.74, 6) is 1.03. The number of fused-ring (bicyclic) bond motifs is 1. The zero-order valence-corrected chi connectivity index (χ0v) is 18.2. The van der Waals surface area contributed by atoms with Crippen molar-refractivity contribution in [1.29, 1.82) is 0 Å². The molecule has 1 aromatic carbocycles. The molecule has 7 heteroatoms. The summed E-state index contributed by atoms with van der Waals surface area (Å²) >= 11 is 0. The van der Waals surface area contributed by atoms with Crippen LogP contribution in [0.3, 0.4) is 0 Å². The fourth-order valence-corrected chi connectivity index (χ4v) is 3.88. The maximum Gasteiger partial charge on any atom is 0.227 e. The number of anilines is 1. The van der Waals surface area contributed by atoms with Crippen LogP contribution in [-0.2, 0) is 17.8 Å². The van der Waals surface area contributed by atoms with Crippen LogP contribution in [0.1, 0.15) is 71.0 Å². The summed E-state index contributed by atoms with van der Waals surface area (Å²) in [5.41, 5.74) is 2.07. The highest BCUT2D eigenvalue weighted by atomic mass is 16.1. The molecule has 3 rings (SSSR count). The largest absolute Gasteiger partial charge is 0.347 e. The van der Waals surface area contributed by atoms with E-state index in [2.05, 4.69) is 68.8 Å². The van der Waals surface area contributed by atoms with E-state index < -0.39 is 0 Å². The summed E-state index contributed by atoms with van der Waals surface area (Å²) in [6.07, 6.45) is 11.6. The van der Waals surface area contributed by atoms with Gasteiger partial charge in [-0.1, -0.05) is 50.8 Å². The van der Waals surface area contributed by atoms with Gasteiger partial charge in [-0.05, 0) is 49.3 Å². The third-order valence-electron chi connectivity index (χ3n) is 5.75. The van der Waals surface area contributed by atoms with Gasteiger partial charge < -0.3 is 9.88 Å². The summed E-state index contributed by atoms with van der Waals surface area (Å²) in [4.78, 5) is 12.6. The van der Waals surface area contributed by atoms with Gasteiger partial charge in [-0.3, -0.25) is 4.79 Å². The van der Waals surface area contributed by atoms with Crippen LogP contribution in [0, 0.1) is 5.92 Å². The molecule has 1 amide bonds. The summed E-state index contributed by atoms with van der Waals surface area (Å²) in [6, 6.07) is 8.36. The van der Waals surface area contributed by atoms with Gasteiger partial charge in [-0.25, -0.2) is 0 Å². The van der Waals surface area contributed by atoms with Crippen molar-refractivity contribution in [2.45, 2.75) is 78.2 Å². The zero-order valence-electron chi connectivity index (χ0n) is 18.2. The molecule has 1 atom stereocenters. The number of aromatic nitrogens is 5. The summed E-state index contributed by atoms with van der Waals surface area (Å²) in [7, 11) is 0. The quantitative estimate of drug-likeness (QED) is 0.383. The molecule has 0 spiro atoms. The van der Waals surface area contributed by atoms with Gasteiger partial charge in [-0.2, -0.15) is 5.21 Å². The molecular formula is C23H34N6O. The molecule has 0 saturated carbocycles. The number of hydrogen-bond donors (Lipinski definition) is 2. The van der Waals surface area contributed by atoms with Crippen LogP contribution in [0.15, 0.2) is 30.5 Å². The second-order valence-corrected chi connectivity index (χ2v) is 8.01.